The molecule has 1 atom stereocenters. The average Bonchev–Trinajstić information content (AvgIpc) is 3.21. The summed E-state index contributed by atoms with van der Waals surface area (Å²) in [6.45, 7) is 0.639. The zero-order valence-corrected chi connectivity index (χ0v) is 12.6. The first kappa shape index (κ1) is 14.4. The van der Waals surface area contributed by atoms with Crippen LogP contribution in [0.1, 0.15) is 22.1 Å². The predicted octanol–water partition coefficient (Wildman–Crippen LogP) is 2.08. The van der Waals surface area contributed by atoms with Gasteiger partial charge < -0.3 is 10.6 Å². The van der Waals surface area contributed by atoms with Crippen molar-refractivity contribution in [1.82, 2.24) is 14.6 Å². The Kier molecular flexibility index (Phi) is 3.26. The predicted molar refractivity (Wildman–Crippen MR) is 87.1 cm³/mol. The largest absolute Gasteiger partial charge is 0.364 e. The highest BCUT2D eigenvalue weighted by Crippen LogP contribution is 2.31. The van der Waals surface area contributed by atoms with Crippen molar-refractivity contribution in [2.45, 2.75) is 6.04 Å². The van der Waals surface area contributed by atoms with E-state index in [1.807, 2.05) is 29.2 Å². The molecule has 2 N–H and O–H groups in total. The fourth-order valence-corrected chi connectivity index (χ4v) is 2.92. The van der Waals surface area contributed by atoms with Gasteiger partial charge in [-0.05, 0) is 29.8 Å². The molecule has 1 aliphatic rings. The maximum atomic E-state index is 13.5. The molecule has 0 unspecified atom stereocenters. The van der Waals surface area contributed by atoms with Crippen molar-refractivity contribution < 1.29 is 9.18 Å². The maximum Gasteiger partial charge on any atom is 0.269 e. The number of imidazole rings is 1. The molecule has 24 heavy (non-hydrogen) atoms. The summed E-state index contributed by atoms with van der Waals surface area (Å²) >= 11 is 0. The van der Waals surface area contributed by atoms with Gasteiger partial charge in [0.2, 0.25) is 0 Å². The first-order chi connectivity index (χ1) is 11.6. The van der Waals surface area contributed by atoms with E-state index < -0.39 is 5.91 Å². The number of nitrogens with two attached hydrogens (primary N) is 1. The molecule has 2 aromatic heterocycles. The van der Waals surface area contributed by atoms with Crippen molar-refractivity contribution >= 4 is 17.4 Å². The molecule has 6 nitrogen and oxygen atoms in total. The first-order valence-corrected chi connectivity index (χ1v) is 7.47. The van der Waals surface area contributed by atoms with Crippen molar-refractivity contribution in [3.63, 3.8) is 0 Å². The van der Waals surface area contributed by atoms with Crippen LogP contribution in [0.4, 0.5) is 10.2 Å². The van der Waals surface area contributed by atoms with E-state index in [-0.39, 0.29) is 17.6 Å². The Labute approximate surface area is 137 Å². The van der Waals surface area contributed by atoms with E-state index in [1.165, 1.54) is 22.8 Å². The summed E-state index contributed by atoms with van der Waals surface area (Å²) in [7, 11) is 0. The van der Waals surface area contributed by atoms with Crippen LogP contribution in [0.15, 0.2) is 54.7 Å². The molecule has 0 aliphatic carbocycles. The minimum absolute atomic E-state index is 0.119. The molecular formula is C17H14FN5O. The average molecular weight is 323 g/mol. The summed E-state index contributed by atoms with van der Waals surface area (Å²) in [5.41, 5.74) is 6.96. The normalized spacial score (nSPS) is 16.9. The van der Waals surface area contributed by atoms with Gasteiger partial charge >= 0.3 is 0 Å². The van der Waals surface area contributed by atoms with E-state index in [0.29, 0.717) is 18.0 Å². The lowest BCUT2D eigenvalue weighted by molar-refractivity contribution is 0.0993. The summed E-state index contributed by atoms with van der Waals surface area (Å²) < 4.78 is 15.0. The minimum atomic E-state index is -0.589. The third-order valence-corrected chi connectivity index (χ3v) is 4.04. The summed E-state index contributed by atoms with van der Waals surface area (Å²) in [6, 6.07) is 9.97. The van der Waals surface area contributed by atoms with E-state index in [9.17, 15) is 9.18 Å². The smallest absolute Gasteiger partial charge is 0.269 e. The first-order valence-electron chi connectivity index (χ1n) is 7.47. The van der Waals surface area contributed by atoms with Crippen LogP contribution in [0.2, 0.25) is 0 Å². The van der Waals surface area contributed by atoms with Crippen molar-refractivity contribution in [2.75, 3.05) is 11.4 Å². The van der Waals surface area contributed by atoms with Crippen molar-refractivity contribution in [2.24, 2.45) is 5.73 Å². The van der Waals surface area contributed by atoms with Crippen molar-refractivity contribution in [3.8, 4) is 0 Å². The second kappa shape index (κ2) is 5.45. The van der Waals surface area contributed by atoms with E-state index >= 15 is 0 Å². The van der Waals surface area contributed by atoms with Crippen LogP contribution >= 0.6 is 0 Å². The van der Waals surface area contributed by atoms with Crippen molar-refractivity contribution in [1.29, 1.82) is 0 Å². The number of carbonyl (C=O) groups is 1. The molecular weight excluding hydrogens is 309 g/mol. The number of benzene rings is 1. The highest BCUT2D eigenvalue weighted by molar-refractivity contribution is 5.91. The van der Waals surface area contributed by atoms with Gasteiger partial charge in [0.25, 0.3) is 5.91 Å². The van der Waals surface area contributed by atoms with E-state index in [1.54, 1.807) is 12.1 Å². The Morgan fingerprint density at radius 1 is 1.29 bits per heavy atom. The molecule has 3 aromatic rings. The van der Waals surface area contributed by atoms with Gasteiger partial charge in [0.15, 0.2) is 11.5 Å². The minimum Gasteiger partial charge on any atom is -0.364 e. The number of halogens is 1. The quantitative estimate of drug-likeness (QED) is 0.749. The van der Waals surface area contributed by atoms with Gasteiger partial charge in [-0.1, -0.05) is 24.3 Å². The Balaban J connectivity index is 1.76. The molecule has 0 fully saturated rings. The summed E-state index contributed by atoms with van der Waals surface area (Å²) in [5.74, 6) is -0.211. The van der Waals surface area contributed by atoms with Gasteiger partial charge in [0.1, 0.15) is 11.5 Å². The highest BCUT2D eigenvalue weighted by atomic mass is 19.1. The van der Waals surface area contributed by atoms with Gasteiger partial charge in [-0.25, -0.2) is 13.9 Å². The monoisotopic (exact) mass is 323 g/mol. The summed E-state index contributed by atoms with van der Waals surface area (Å²) in [6.07, 6.45) is 5.41. The third kappa shape index (κ3) is 2.30. The molecule has 7 heteroatoms. The lowest BCUT2D eigenvalue weighted by Gasteiger charge is -2.26. The van der Waals surface area contributed by atoms with E-state index in [4.69, 9.17) is 5.73 Å². The fourth-order valence-electron chi connectivity index (χ4n) is 2.92. The van der Waals surface area contributed by atoms with Gasteiger partial charge in [-0.2, -0.15) is 0 Å². The Hall–Kier alpha value is -3.22. The van der Waals surface area contributed by atoms with Crippen LogP contribution in [0.25, 0.3) is 5.65 Å². The van der Waals surface area contributed by atoms with E-state index in [0.717, 1.165) is 5.56 Å². The van der Waals surface area contributed by atoms with Crippen LogP contribution in [-0.4, -0.2) is 27.0 Å². The number of rotatable bonds is 3. The number of nitrogens with zero attached hydrogens (tertiary/aromatic N) is 4. The lowest BCUT2D eigenvalue weighted by atomic mass is 10.1. The number of amides is 1. The maximum absolute atomic E-state index is 13.5. The zero-order chi connectivity index (χ0) is 16.7. The molecule has 0 bridgehead atoms. The topological polar surface area (TPSA) is 76.5 Å². The summed E-state index contributed by atoms with van der Waals surface area (Å²) in [5, 5.41) is 4.48. The number of hydrogen-bond donors (Lipinski definition) is 1. The molecule has 1 aliphatic heterocycles. The van der Waals surface area contributed by atoms with Gasteiger partial charge in [0.05, 0.1) is 12.2 Å². The second-order valence-electron chi connectivity index (χ2n) is 5.55. The molecule has 4 rings (SSSR count). The Bertz CT molecular complexity index is 965. The molecule has 1 amide bonds. The molecule has 0 saturated carbocycles. The molecule has 0 radical (unpaired) electrons. The van der Waals surface area contributed by atoms with Crippen LogP contribution in [0.5, 0.6) is 0 Å². The molecule has 120 valence electrons. The number of primary amides is 1. The van der Waals surface area contributed by atoms with Gasteiger partial charge in [0, 0.05) is 6.54 Å². The lowest BCUT2D eigenvalue weighted by Crippen LogP contribution is -2.25. The summed E-state index contributed by atoms with van der Waals surface area (Å²) in [4.78, 5) is 17.6. The van der Waals surface area contributed by atoms with Gasteiger partial charge in [-0.15, -0.1) is 5.10 Å². The number of carbonyl (C=O) groups excluding carboxylic acids is 1. The zero-order valence-electron chi connectivity index (χ0n) is 12.6. The standard InChI is InChI=1S/C17H14FN5O/c18-12-4-1-3-11(9-12)13-5-2-8-22(13)16-7-6-15-20-10-14(17(19)24)23(15)21-16/h1-7,9-10,13H,8H2,(H2,19,24)/t13-/m1/s1. The van der Waals surface area contributed by atoms with Crippen LogP contribution in [-0.2, 0) is 0 Å². The van der Waals surface area contributed by atoms with Crippen LogP contribution in [0.3, 0.4) is 0 Å². The number of fused-ring (bicyclic) bond motifs is 1. The molecule has 3 heterocycles. The van der Waals surface area contributed by atoms with Crippen LogP contribution < -0.4 is 10.6 Å². The Morgan fingerprint density at radius 3 is 2.96 bits per heavy atom. The second-order valence-corrected chi connectivity index (χ2v) is 5.55. The van der Waals surface area contributed by atoms with Crippen molar-refractivity contribution in [3.05, 3.63) is 71.8 Å². The molecule has 1 aromatic carbocycles. The SMILES string of the molecule is NC(=O)c1cnc2ccc(N3CC=C[C@@H]3c3cccc(F)c3)nn12. The number of anilines is 1. The molecule has 0 saturated heterocycles. The number of hydrogen-bond acceptors (Lipinski definition) is 4. The Morgan fingerprint density at radius 2 is 2.17 bits per heavy atom. The number of aromatic nitrogens is 3. The third-order valence-electron chi connectivity index (χ3n) is 4.04. The fraction of sp³-hybridized carbons (Fsp3) is 0.118. The van der Waals surface area contributed by atoms with E-state index in [2.05, 4.69) is 10.1 Å². The molecule has 0 spiro atoms. The van der Waals surface area contributed by atoms with Gasteiger partial charge in [-0.3, -0.25) is 4.79 Å². The van der Waals surface area contributed by atoms with Crippen LogP contribution in [0, 0.1) is 5.82 Å². The highest BCUT2D eigenvalue weighted by Gasteiger charge is 2.24.